The van der Waals surface area contributed by atoms with Gasteiger partial charge in [-0.05, 0) is 61.4 Å². The first-order valence-corrected chi connectivity index (χ1v) is 13.6. The number of ether oxygens (including phenoxy) is 1. The van der Waals surface area contributed by atoms with E-state index in [0.717, 1.165) is 4.70 Å². The van der Waals surface area contributed by atoms with Gasteiger partial charge >= 0.3 is 0 Å². The van der Waals surface area contributed by atoms with Crippen molar-refractivity contribution < 1.29 is 22.4 Å². The number of methoxy groups -OCH3 is 1. The first-order valence-electron chi connectivity index (χ1n) is 10.9. The molecule has 0 radical (unpaired) electrons. The summed E-state index contributed by atoms with van der Waals surface area (Å²) in [6.45, 7) is 0.390. The van der Waals surface area contributed by atoms with Crippen molar-refractivity contribution in [2.75, 3.05) is 18.6 Å². The lowest BCUT2D eigenvalue weighted by molar-refractivity contribution is -0.121. The van der Waals surface area contributed by atoms with Gasteiger partial charge in [0.15, 0.2) is 5.13 Å². The molecular formula is C24H22ClN3O5S2. The van der Waals surface area contributed by atoms with Crippen molar-refractivity contribution in [1.82, 2.24) is 9.29 Å². The van der Waals surface area contributed by atoms with Gasteiger partial charge in [0, 0.05) is 17.6 Å². The lowest BCUT2D eigenvalue weighted by Gasteiger charge is -2.28. The van der Waals surface area contributed by atoms with Crippen LogP contribution >= 0.6 is 22.9 Å². The van der Waals surface area contributed by atoms with Gasteiger partial charge in [-0.1, -0.05) is 22.9 Å². The third-order valence-corrected chi connectivity index (χ3v) is 9.12. The predicted molar refractivity (Wildman–Crippen MR) is 134 cm³/mol. The van der Waals surface area contributed by atoms with E-state index in [9.17, 15) is 13.2 Å². The minimum Gasteiger partial charge on any atom is -0.497 e. The zero-order valence-corrected chi connectivity index (χ0v) is 21.1. The number of aromatic nitrogens is 1. The smallest absolute Gasteiger partial charge is 0.247 e. The molecule has 1 aliphatic rings. The highest BCUT2D eigenvalue weighted by Crippen LogP contribution is 2.35. The molecule has 4 aromatic rings. The molecule has 1 amide bonds. The highest BCUT2D eigenvalue weighted by Gasteiger charge is 2.42. The number of amides is 1. The molecule has 1 unspecified atom stereocenters. The fourth-order valence-electron chi connectivity index (χ4n) is 4.13. The molecule has 1 aliphatic heterocycles. The summed E-state index contributed by atoms with van der Waals surface area (Å²) in [4.78, 5) is 20.2. The number of hydrogen-bond acceptors (Lipinski definition) is 7. The van der Waals surface area contributed by atoms with Gasteiger partial charge in [0.25, 0.3) is 0 Å². The van der Waals surface area contributed by atoms with Crippen LogP contribution in [0, 0.1) is 0 Å². The first-order chi connectivity index (χ1) is 16.9. The Hall–Kier alpha value is -2.92. The maximum Gasteiger partial charge on any atom is 0.247 e. The first kappa shape index (κ1) is 23.8. The molecule has 1 saturated heterocycles. The van der Waals surface area contributed by atoms with Crippen LogP contribution in [0.2, 0.25) is 5.02 Å². The van der Waals surface area contributed by atoms with Gasteiger partial charge in [0.1, 0.15) is 17.6 Å². The molecule has 3 heterocycles. The standard InChI is InChI=1S/C24H22ClN3O5S2/c1-32-17-8-11-22-20(14-17)26-24(34-22)27(15-18-4-3-13-33-18)23(29)21-5-2-12-28(21)35(30,31)19-9-6-16(25)7-10-19/h3-4,6-11,13-14,21H,2,5,12,15H2,1H3. The van der Waals surface area contributed by atoms with Crippen molar-refractivity contribution >= 4 is 54.2 Å². The number of fused-ring (bicyclic) bond motifs is 1. The van der Waals surface area contributed by atoms with Gasteiger partial charge in [-0.25, -0.2) is 13.4 Å². The molecule has 0 spiro atoms. The quantitative estimate of drug-likeness (QED) is 0.335. The fraction of sp³-hybridized carbons (Fsp3) is 0.250. The SMILES string of the molecule is COc1ccc2sc(N(Cc3ccco3)C(=O)C3CCCN3S(=O)(=O)c3ccc(Cl)cc3)nc2c1. The molecule has 11 heteroatoms. The third kappa shape index (κ3) is 4.66. The molecule has 0 saturated carbocycles. The number of sulfonamides is 1. The third-order valence-electron chi connectivity index (χ3n) is 5.88. The lowest BCUT2D eigenvalue weighted by atomic mass is 10.2. The molecule has 1 fully saturated rings. The van der Waals surface area contributed by atoms with E-state index in [2.05, 4.69) is 4.98 Å². The number of halogens is 1. The zero-order chi connectivity index (χ0) is 24.6. The van der Waals surface area contributed by atoms with Crippen molar-refractivity contribution in [3.05, 3.63) is 71.6 Å². The van der Waals surface area contributed by atoms with E-state index in [1.165, 1.54) is 51.1 Å². The van der Waals surface area contributed by atoms with Crippen LogP contribution < -0.4 is 9.64 Å². The second kappa shape index (κ2) is 9.62. The highest BCUT2D eigenvalue weighted by atomic mass is 35.5. The summed E-state index contributed by atoms with van der Waals surface area (Å²) in [5, 5.41) is 0.903. The van der Waals surface area contributed by atoms with Crippen LogP contribution in [-0.2, 0) is 21.4 Å². The molecule has 182 valence electrons. The Morgan fingerprint density at radius 1 is 1.26 bits per heavy atom. The number of hydrogen-bond donors (Lipinski definition) is 0. The maximum atomic E-state index is 13.9. The summed E-state index contributed by atoms with van der Waals surface area (Å²) >= 11 is 7.29. The summed E-state index contributed by atoms with van der Waals surface area (Å²) in [5.74, 6) is 0.886. The van der Waals surface area contributed by atoms with E-state index < -0.39 is 16.1 Å². The van der Waals surface area contributed by atoms with Crippen molar-refractivity contribution in [3.8, 4) is 5.75 Å². The molecule has 2 aromatic carbocycles. The Balaban J connectivity index is 1.51. The number of carbonyl (C=O) groups is 1. The van der Waals surface area contributed by atoms with E-state index >= 15 is 0 Å². The van der Waals surface area contributed by atoms with Gasteiger partial charge in [-0.3, -0.25) is 9.69 Å². The van der Waals surface area contributed by atoms with Crippen LogP contribution in [0.25, 0.3) is 10.2 Å². The van der Waals surface area contributed by atoms with Crippen molar-refractivity contribution in [2.45, 2.75) is 30.3 Å². The van der Waals surface area contributed by atoms with E-state index in [1.807, 2.05) is 12.1 Å². The number of thiazole rings is 1. The Labute approximate surface area is 211 Å². The van der Waals surface area contributed by atoms with Crippen LogP contribution in [0.1, 0.15) is 18.6 Å². The molecule has 35 heavy (non-hydrogen) atoms. The predicted octanol–water partition coefficient (Wildman–Crippen LogP) is 4.94. The normalized spacial score (nSPS) is 16.6. The monoisotopic (exact) mass is 531 g/mol. The molecular weight excluding hydrogens is 510 g/mol. The van der Waals surface area contributed by atoms with Gasteiger partial charge in [-0.15, -0.1) is 0 Å². The molecule has 0 bridgehead atoms. The van der Waals surface area contributed by atoms with Crippen LogP contribution in [0.5, 0.6) is 5.75 Å². The van der Waals surface area contributed by atoms with Crippen molar-refractivity contribution in [3.63, 3.8) is 0 Å². The number of anilines is 1. The average Bonchev–Trinajstić information content (AvgIpc) is 3.62. The zero-order valence-electron chi connectivity index (χ0n) is 18.8. The summed E-state index contributed by atoms with van der Waals surface area (Å²) in [6.07, 6.45) is 2.53. The highest BCUT2D eigenvalue weighted by molar-refractivity contribution is 7.89. The average molecular weight is 532 g/mol. The van der Waals surface area contributed by atoms with Crippen molar-refractivity contribution in [2.24, 2.45) is 0 Å². The lowest BCUT2D eigenvalue weighted by Crippen LogP contribution is -2.47. The molecule has 0 N–H and O–H groups in total. The second-order valence-corrected chi connectivity index (χ2v) is 11.4. The van der Waals surface area contributed by atoms with Gasteiger partial charge in [-0.2, -0.15) is 4.31 Å². The summed E-state index contributed by atoms with van der Waals surface area (Å²) < 4.78 is 39.8. The van der Waals surface area contributed by atoms with Gasteiger partial charge in [0.05, 0.1) is 35.0 Å². The minimum absolute atomic E-state index is 0.103. The van der Waals surface area contributed by atoms with Crippen LogP contribution in [0.15, 0.2) is 70.2 Å². The van der Waals surface area contributed by atoms with Crippen LogP contribution in [0.4, 0.5) is 5.13 Å². The molecule has 5 rings (SSSR count). The fourth-order valence-corrected chi connectivity index (χ4v) is 6.86. The summed E-state index contributed by atoms with van der Waals surface area (Å²) in [5.41, 5.74) is 0.693. The van der Waals surface area contributed by atoms with Crippen molar-refractivity contribution in [1.29, 1.82) is 0 Å². The molecule has 1 atom stereocenters. The molecule has 0 aliphatic carbocycles. The minimum atomic E-state index is -3.89. The molecule has 8 nitrogen and oxygen atoms in total. The number of benzene rings is 2. The maximum absolute atomic E-state index is 13.9. The van der Waals surface area contributed by atoms with E-state index in [-0.39, 0.29) is 23.9 Å². The topological polar surface area (TPSA) is 93.0 Å². The van der Waals surface area contributed by atoms with Gasteiger partial charge in [0.2, 0.25) is 15.9 Å². The van der Waals surface area contributed by atoms with Crippen LogP contribution in [0.3, 0.4) is 0 Å². The Bertz CT molecular complexity index is 1450. The Morgan fingerprint density at radius 3 is 2.77 bits per heavy atom. The van der Waals surface area contributed by atoms with Crippen LogP contribution in [-0.4, -0.2) is 43.3 Å². The Morgan fingerprint density at radius 2 is 2.06 bits per heavy atom. The number of nitrogens with zero attached hydrogens (tertiary/aromatic N) is 3. The van der Waals surface area contributed by atoms with Gasteiger partial charge < -0.3 is 9.15 Å². The summed E-state index contributed by atoms with van der Waals surface area (Å²) in [6, 6.07) is 14.2. The Kier molecular flexibility index (Phi) is 6.54. The van der Waals surface area contributed by atoms with E-state index in [4.69, 9.17) is 20.8 Å². The van der Waals surface area contributed by atoms with E-state index in [0.29, 0.717) is 40.0 Å². The number of furan rings is 1. The second-order valence-electron chi connectivity index (χ2n) is 8.06. The molecule has 2 aromatic heterocycles. The largest absolute Gasteiger partial charge is 0.497 e. The number of carbonyl (C=O) groups excluding carboxylic acids is 1. The number of rotatable bonds is 7. The van der Waals surface area contributed by atoms with E-state index in [1.54, 1.807) is 25.3 Å². The summed E-state index contributed by atoms with van der Waals surface area (Å²) in [7, 11) is -2.31.